The fourth-order valence-corrected chi connectivity index (χ4v) is 5.25. The van der Waals surface area contributed by atoms with Gasteiger partial charge >= 0.3 is 0 Å². The van der Waals surface area contributed by atoms with Crippen LogP contribution in [0.2, 0.25) is 0 Å². The highest BCUT2D eigenvalue weighted by Crippen LogP contribution is 2.35. The van der Waals surface area contributed by atoms with Gasteiger partial charge in [-0.3, -0.25) is 4.68 Å². The molecule has 0 saturated carbocycles. The zero-order valence-corrected chi connectivity index (χ0v) is 20.8. The average molecular weight is 488 g/mol. The van der Waals surface area contributed by atoms with E-state index in [0.29, 0.717) is 0 Å². The van der Waals surface area contributed by atoms with Gasteiger partial charge in [0.25, 0.3) is 0 Å². The Balaban J connectivity index is 1.40. The van der Waals surface area contributed by atoms with Crippen LogP contribution in [0.5, 0.6) is 0 Å². The molecule has 5 aromatic carbocycles. The summed E-state index contributed by atoms with van der Waals surface area (Å²) in [5, 5.41) is 2.30. The maximum Gasteiger partial charge on any atom is 0.0715 e. The molecule has 7 rings (SSSR count). The fraction of sp³-hybridized carbons (Fsp3) is 0. The molecule has 0 fully saturated rings. The smallest absolute Gasteiger partial charge is 0.0715 e. The standard InChI is InChI=1S/C35H25N3/c36-38-34-19-17-27(24-10-4-1-5-11-24)20-31(34)30-18-16-28(23-35(30)38)29-21-32(25-12-6-2-7-13-25)37-33(22-29)26-14-8-3-9-15-26/h1-23H,36H2. The molecule has 0 saturated heterocycles. The molecule has 38 heavy (non-hydrogen) atoms. The summed E-state index contributed by atoms with van der Waals surface area (Å²) in [6.07, 6.45) is 0. The van der Waals surface area contributed by atoms with Crippen LogP contribution in [0.15, 0.2) is 140 Å². The summed E-state index contributed by atoms with van der Waals surface area (Å²) in [5.41, 5.74) is 10.7. The molecule has 0 radical (unpaired) electrons. The van der Waals surface area contributed by atoms with Crippen LogP contribution in [0.4, 0.5) is 0 Å². The molecular formula is C35H25N3. The van der Waals surface area contributed by atoms with Crippen molar-refractivity contribution >= 4 is 21.8 Å². The number of pyridine rings is 1. The minimum Gasteiger partial charge on any atom is -0.339 e. The molecule has 0 amide bonds. The number of rotatable bonds is 4. The molecule has 0 atom stereocenters. The van der Waals surface area contributed by atoms with Gasteiger partial charge in [-0.25, -0.2) is 4.98 Å². The first-order valence-corrected chi connectivity index (χ1v) is 12.8. The lowest BCUT2D eigenvalue weighted by Crippen LogP contribution is -2.06. The van der Waals surface area contributed by atoms with E-state index in [1.165, 1.54) is 11.1 Å². The Morgan fingerprint density at radius 1 is 0.395 bits per heavy atom. The van der Waals surface area contributed by atoms with Gasteiger partial charge in [0.15, 0.2) is 0 Å². The zero-order valence-electron chi connectivity index (χ0n) is 20.8. The van der Waals surface area contributed by atoms with Crippen molar-refractivity contribution < 1.29 is 0 Å². The summed E-state index contributed by atoms with van der Waals surface area (Å²) in [7, 11) is 0. The van der Waals surface area contributed by atoms with E-state index in [1.807, 2.05) is 18.2 Å². The molecule has 0 aliphatic carbocycles. The Bertz CT molecular complexity index is 1850. The molecule has 3 nitrogen and oxygen atoms in total. The molecule has 0 bridgehead atoms. The van der Waals surface area contributed by atoms with Crippen LogP contribution in [-0.4, -0.2) is 9.66 Å². The third-order valence-corrected chi connectivity index (χ3v) is 7.21. The Morgan fingerprint density at radius 3 is 1.53 bits per heavy atom. The Morgan fingerprint density at radius 2 is 0.921 bits per heavy atom. The van der Waals surface area contributed by atoms with Crippen molar-refractivity contribution in [2.45, 2.75) is 0 Å². The van der Waals surface area contributed by atoms with E-state index in [2.05, 4.69) is 121 Å². The first-order chi connectivity index (χ1) is 18.7. The van der Waals surface area contributed by atoms with Gasteiger partial charge in [0, 0.05) is 21.9 Å². The number of hydrogen-bond donors (Lipinski definition) is 1. The van der Waals surface area contributed by atoms with E-state index in [0.717, 1.165) is 55.4 Å². The van der Waals surface area contributed by atoms with Crippen LogP contribution < -0.4 is 5.84 Å². The summed E-state index contributed by atoms with van der Waals surface area (Å²) >= 11 is 0. The molecule has 180 valence electrons. The normalized spacial score (nSPS) is 11.3. The fourth-order valence-electron chi connectivity index (χ4n) is 5.25. The van der Waals surface area contributed by atoms with Crippen molar-refractivity contribution in [2.24, 2.45) is 0 Å². The summed E-state index contributed by atoms with van der Waals surface area (Å²) in [4.78, 5) is 5.02. The van der Waals surface area contributed by atoms with E-state index >= 15 is 0 Å². The molecule has 0 aliphatic rings. The van der Waals surface area contributed by atoms with E-state index in [9.17, 15) is 0 Å². The zero-order chi connectivity index (χ0) is 25.5. The second-order valence-corrected chi connectivity index (χ2v) is 9.56. The van der Waals surface area contributed by atoms with E-state index in [4.69, 9.17) is 10.8 Å². The number of hydrogen-bond acceptors (Lipinski definition) is 2. The largest absolute Gasteiger partial charge is 0.339 e. The van der Waals surface area contributed by atoms with Gasteiger partial charge in [0.2, 0.25) is 0 Å². The highest BCUT2D eigenvalue weighted by atomic mass is 15.3. The van der Waals surface area contributed by atoms with Crippen molar-refractivity contribution in [3.05, 3.63) is 140 Å². The van der Waals surface area contributed by atoms with Crippen LogP contribution in [0.3, 0.4) is 0 Å². The molecular weight excluding hydrogens is 462 g/mol. The topological polar surface area (TPSA) is 43.8 Å². The quantitative estimate of drug-likeness (QED) is 0.253. The number of nitrogens with two attached hydrogens (primary N) is 1. The molecule has 0 aliphatic heterocycles. The average Bonchev–Trinajstić information content (AvgIpc) is 3.28. The predicted octanol–water partition coefficient (Wildman–Crippen LogP) is 8.57. The van der Waals surface area contributed by atoms with Crippen LogP contribution in [0.1, 0.15) is 0 Å². The third kappa shape index (κ3) is 3.82. The second-order valence-electron chi connectivity index (χ2n) is 9.56. The molecule has 2 aromatic heterocycles. The Kier molecular flexibility index (Phi) is 5.26. The maximum absolute atomic E-state index is 6.66. The van der Waals surface area contributed by atoms with Crippen LogP contribution in [0, 0.1) is 0 Å². The number of nitrogens with zero attached hydrogens (tertiary/aromatic N) is 2. The van der Waals surface area contributed by atoms with Crippen LogP contribution in [-0.2, 0) is 0 Å². The van der Waals surface area contributed by atoms with E-state index < -0.39 is 0 Å². The number of aromatic nitrogens is 2. The number of benzene rings is 5. The van der Waals surface area contributed by atoms with Crippen molar-refractivity contribution in [3.8, 4) is 44.8 Å². The monoisotopic (exact) mass is 487 g/mol. The lowest BCUT2D eigenvalue weighted by atomic mass is 9.98. The summed E-state index contributed by atoms with van der Waals surface area (Å²) < 4.78 is 1.81. The lowest BCUT2D eigenvalue weighted by molar-refractivity contribution is 1.12. The van der Waals surface area contributed by atoms with Gasteiger partial charge in [-0.05, 0) is 52.6 Å². The van der Waals surface area contributed by atoms with Gasteiger partial charge in [-0.1, -0.05) is 109 Å². The Hall–Kier alpha value is -5.15. The van der Waals surface area contributed by atoms with Crippen LogP contribution >= 0.6 is 0 Å². The first kappa shape index (κ1) is 22.1. The van der Waals surface area contributed by atoms with Gasteiger partial charge < -0.3 is 5.84 Å². The minimum atomic E-state index is 0.947. The SMILES string of the molecule is Nn1c2ccc(-c3ccccc3)cc2c2ccc(-c3cc(-c4ccccc4)nc(-c4ccccc4)c3)cc21. The van der Waals surface area contributed by atoms with Crippen molar-refractivity contribution in [3.63, 3.8) is 0 Å². The summed E-state index contributed by atoms with van der Waals surface area (Å²) in [6, 6.07) is 48.5. The highest BCUT2D eigenvalue weighted by molar-refractivity contribution is 6.10. The maximum atomic E-state index is 6.66. The van der Waals surface area contributed by atoms with Gasteiger partial charge in [0.1, 0.15) is 0 Å². The predicted molar refractivity (Wildman–Crippen MR) is 159 cm³/mol. The molecule has 7 aromatic rings. The summed E-state index contributed by atoms with van der Waals surface area (Å²) in [5.74, 6) is 6.66. The second kappa shape index (κ2) is 9.06. The molecule has 2 N–H and O–H groups in total. The van der Waals surface area contributed by atoms with Crippen molar-refractivity contribution in [2.75, 3.05) is 5.84 Å². The van der Waals surface area contributed by atoms with Crippen LogP contribution in [0.25, 0.3) is 66.6 Å². The number of fused-ring (bicyclic) bond motifs is 3. The van der Waals surface area contributed by atoms with E-state index in [-0.39, 0.29) is 0 Å². The minimum absolute atomic E-state index is 0.947. The van der Waals surface area contributed by atoms with Gasteiger partial charge in [-0.15, -0.1) is 0 Å². The number of nitrogen functional groups attached to an aromatic ring is 1. The molecule has 0 unspecified atom stereocenters. The lowest BCUT2D eigenvalue weighted by Gasteiger charge is -2.11. The van der Waals surface area contributed by atoms with Gasteiger partial charge in [0.05, 0.1) is 22.4 Å². The molecule has 3 heteroatoms. The third-order valence-electron chi connectivity index (χ3n) is 7.21. The molecule has 0 spiro atoms. The highest BCUT2D eigenvalue weighted by Gasteiger charge is 2.14. The first-order valence-electron chi connectivity index (χ1n) is 12.8. The van der Waals surface area contributed by atoms with Gasteiger partial charge in [-0.2, -0.15) is 0 Å². The molecule has 2 heterocycles. The van der Waals surface area contributed by atoms with E-state index in [1.54, 1.807) is 4.68 Å². The van der Waals surface area contributed by atoms with Crippen molar-refractivity contribution in [1.82, 2.24) is 9.66 Å². The Labute approximate surface area is 221 Å². The van der Waals surface area contributed by atoms with Crippen molar-refractivity contribution in [1.29, 1.82) is 0 Å². The summed E-state index contributed by atoms with van der Waals surface area (Å²) in [6.45, 7) is 0.